The molecule has 5 rings (SSSR count). The largest absolute Gasteiger partial charge is 0.372 e. The molecule has 2 aromatic heterocycles. The lowest BCUT2D eigenvalue weighted by Gasteiger charge is -2.35. The number of fused-ring (bicyclic) bond motifs is 3. The summed E-state index contributed by atoms with van der Waals surface area (Å²) in [5, 5.41) is 6.36. The first-order valence-electron chi connectivity index (χ1n) is 11.3. The Labute approximate surface area is 187 Å². The zero-order valence-corrected chi connectivity index (χ0v) is 19.3. The highest BCUT2D eigenvalue weighted by Crippen LogP contribution is 2.35. The number of nitrogens with zero attached hydrogens (tertiary/aromatic N) is 3. The molecule has 0 saturated carbocycles. The predicted molar refractivity (Wildman–Crippen MR) is 126 cm³/mol. The molecule has 32 heavy (non-hydrogen) atoms. The zero-order valence-electron chi connectivity index (χ0n) is 19.3. The third-order valence-corrected chi connectivity index (χ3v) is 6.46. The molecule has 1 aliphatic rings. The number of aryl methyl sites for hydroxylation is 3. The fraction of sp³-hybridized carbons (Fsp3) is 0.385. The van der Waals surface area contributed by atoms with Crippen molar-refractivity contribution < 1.29 is 14.1 Å². The van der Waals surface area contributed by atoms with Crippen molar-refractivity contribution in [3.05, 3.63) is 53.4 Å². The summed E-state index contributed by atoms with van der Waals surface area (Å²) in [6.45, 7) is 12.2. The van der Waals surface area contributed by atoms with Gasteiger partial charge in [0.15, 0.2) is 0 Å². The molecule has 1 saturated heterocycles. The van der Waals surface area contributed by atoms with Crippen LogP contribution in [-0.4, -0.2) is 45.8 Å². The lowest BCUT2D eigenvalue weighted by molar-refractivity contribution is -0.0586. The highest BCUT2D eigenvalue weighted by molar-refractivity contribution is 6.11. The van der Waals surface area contributed by atoms with Gasteiger partial charge in [-0.3, -0.25) is 4.79 Å². The molecule has 1 amide bonds. The number of hydrogen-bond acceptors (Lipinski definition) is 4. The first-order chi connectivity index (χ1) is 15.4. The summed E-state index contributed by atoms with van der Waals surface area (Å²) in [4.78, 5) is 15.2. The Morgan fingerprint density at radius 3 is 2.44 bits per heavy atom. The van der Waals surface area contributed by atoms with Gasteiger partial charge in [-0.25, -0.2) is 0 Å². The van der Waals surface area contributed by atoms with Crippen LogP contribution in [0.15, 0.2) is 40.9 Å². The Kier molecular flexibility index (Phi) is 5.05. The molecule has 0 bridgehead atoms. The van der Waals surface area contributed by atoms with Gasteiger partial charge in [-0.15, -0.1) is 0 Å². The third-order valence-electron chi connectivity index (χ3n) is 6.46. The van der Waals surface area contributed by atoms with E-state index in [9.17, 15) is 4.79 Å². The van der Waals surface area contributed by atoms with Gasteiger partial charge in [-0.1, -0.05) is 17.3 Å². The highest BCUT2D eigenvalue weighted by Gasteiger charge is 2.27. The van der Waals surface area contributed by atoms with Gasteiger partial charge in [0.25, 0.3) is 5.91 Å². The molecule has 166 valence electrons. The first-order valence-corrected chi connectivity index (χ1v) is 11.3. The minimum absolute atomic E-state index is 0.0520. The fourth-order valence-corrected chi connectivity index (χ4v) is 5.15. The fourth-order valence-electron chi connectivity index (χ4n) is 5.15. The molecule has 3 heterocycles. The Morgan fingerprint density at radius 1 is 1.03 bits per heavy atom. The number of hydrogen-bond donors (Lipinski definition) is 0. The van der Waals surface area contributed by atoms with E-state index in [2.05, 4.69) is 40.9 Å². The van der Waals surface area contributed by atoms with Gasteiger partial charge < -0.3 is 18.7 Å². The van der Waals surface area contributed by atoms with E-state index in [0.29, 0.717) is 13.1 Å². The Morgan fingerprint density at radius 2 is 1.78 bits per heavy atom. The summed E-state index contributed by atoms with van der Waals surface area (Å²) in [6.07, 6.45) is 0.104. The van der Waals surface area contributed by atoms with Gasteiger partial charge >= 0.3 is 0 Å². The highest BCUT2D eigenvalue weighted by atomic mass is 16.5. The number of morpholine rings is 1. The quantitative estimate of drug-likeness (QED) is 0.440. The van der Waals surface area contributed by atoms with Gasteiger partial charge in [0.1, 0.15) is 5.76 Å². The van der Waals surface area contributed by atoms with Crippen LogP contribution < -0.4 is 0 Å². The molecule has 2 atom stereocenters. The maximum absolute atomic E-state index is 13.3. The molecule has 0 aliphatic carbocycles. The number of benzene rings is 2. The number of carbonyl (C=O) groups excluding carboxylic acids is 1. The van der Waals surface area contributed by atoms with Gasteiger partial charge in [0.2, 0.25) is 0 Å². The van der Waals surface area contributed by atoms with Crippen molar-refractivity contribution in [1.82, 2.24) is 14.6 Å². The molecule has 0 N–H and O–H groups in total. The Hall–Kier alpha value is -3.12. The molecular formula is C26H29N3O3. The van der Waals surface area contributed by atoms with E-state index in [1.54, 1.807) is 0 Å². The second kappa shape index (κ2) is 7.78. The van der Waals surface area contributed by atoms with E-state index in [4.69, 9.17) is 9.26 Å². The lowest BCUT2D eigenvalue weighted by atomic mass is 10.0. The minimum Gasteiger partial charge on any atom is -0.372 e. The van der Waals surface area contributed by atoms with Crippen molar-refractivity contribution in [2.75, 3.05) is 13.1 Å². The van der Waals surface area contributed by atoms with Crippen LogP contribution in [0.1, 0.15) is 42.6 Å². The molecule has 6 heteroatoms. The van der Waals surface area contributed by atoms with E-state index in [1.807, 2.05) is 44.7 Å². The molecule has 0 spiro atoms. The molecule has 4 aromatic rings. The van der Waals surface area contributed by atoms with Gasteiger partial charge in [0.05, 0.1) is 17.9 Å². The minimum atomic E-state index is 0.0520. The van der Waals surface area contributed by atoms with Crippen molar-refractivity contribution in [3.63, 3.8) is 0 Å². The molecule has 2 unspecified atom stereocenters. The summed E-state index contributed by atoms with van der Waals surface area (Å²) in [5.41, 5.74) is 6.05. The smallest absolute Gasteiger partial charge is 0.254 e. The first kappa shape index (κ1) is 20.8. The number of amides is 1. The van der Waals surface area contributed by atoms with Crippen molar-refractivity contribution >= 4 is 27.7 Å². The molecule has 2 aromatic carbocycles. The van der Waals surface area contributed by atoms with E-state index in [-0.39, 0.29) is 18.1 Å². The summed E-state index contributed by atoms with van der Waals surface area (Å²) in [6, 6.07) is 12.6. The van der Waals surface area contributed by atoms with E-state index >= 15 is 0 Å². The van der Waals surface area contributed by atoms with Crippen LogP contribution in [0.2, 0.25) is 0 Å². The molecule has 0 radical (unpaired) electrons. The normalized spacial score (nSPS) is 19.2. The van der Waals surface area contributed by atoms with Crippen molar-refractivity contribution in [1.29, 1.82) is 0 Å². The Bertz CT molecular complexity index is 1300. The standard InChI is InChI=1S/C26H29N3O3/c1-6-29-23-10-8-20(26(30)28-13-15(2)31-16(3)14-28)11-22(23)21-9-7-19(12-24(21)29)25-17(4)27-32-18(25)5/h7-12,15-16H,6,13-14H2,1-5H3. The van der Waals surface area contributed by atoms with Crippen molar-refractivity contribution in [3.8, 4) is 11.1 Å². The Balaban J connectivity index is 1.62. The van der Waals surface area contributed by atoms with E-state index in [1.165, 1.54) is 0 Å². The predicted octanol–water partition coefficient (Wildman–Crippen LogP) is 5.34. The van der Waals surface area contributed by atoms with Gasteiger partial charge in [-0.2, -0.15) is 0 Å². The second-order valence-corrected chi connectivity index (χ2v) is 8.87. The lowest BCUT2D eigenvalue weighted by Crippen LogP contribution is -2.48. The summed E-state index contributed by atoms with van der Waals surface area (Å²) >= 11 is 0. The number of rotatable bonds is 3. The van der Waals surface area contributed by atoms with Gasteiger partial charge in [0, 0.05) is 52.6 Å². The van der Waals surface area contributed by atoms with Crippen LogP contribution in [0, 0.1) is 13.8 Å². The zero-order chi connectivity index (χ0) is 22.6. The van der Waals surface area contributed by atoms with Crippen molar-refractivity contribution in [2.24, 2.45) is 0 Å². The molecule has 6 nitrogen and oxygen atoms in total. The average molecular weight is 432 g/mol. The molecule has 1 aliphatic heterocycles. The van der Waals surface area contributed by atoms with Crippen LogP contribution in [0.4, 0.5) is 0 Å². The van der Waals surface area contributed by atoms with Crippen LogP contribution in [-0.2, 0) is 11.3 Å². The molecular weight excluding hydrogens is 402 g/mol. The average Bonchev–Trinajstić information content (AvgIpc) is 3.27. The maximum Gasteiger partial charge on any atom is 0.254 e. The van der Waals surface area contributed by atoms with Crippen LogP contribution in [0.5, 0.6) is 0 Å². The SMILES string of the molecule is CCn1c2ccc(C(=O)N3CC(C)OC(C)C3)cc2c2ccc(-c3c(C)noc3C)cc21. The van der Waals surface area contributed by atoms with Gasteiger partial charge in [-0.05, 0) is 64.4 Å². The van der Waals surface area contributed by atoms with Crippen molar-refractivity contribution in [2.45, 2.75) is 53.4 Å². The van der Waals surface area contributed by atoms with Crippen LogP contribution in [0.3, 0.4) is 0 Å². The van der Waals surface area contributed by atoms with E-state index in [0.717, 1.165) is 56.5 Å². The third kappa shape index (κ3) is 3.30. The number of carbonyl (C=O) groups is 1. The second-order valence-electron chi connectivity index (χ2n) is 8.87. The van der Waals surface area contributed by atoms with Crippen LogP contribution >= 0.6 is 0 Å². The maximum atomic E-state index is 13.3. The topological polar surface area (TPSA) is 60.5 Å². The monoisotopic (exact) mass is 431 g/mol. The number of ether oxygens (including phenoxy) is 1. The molecule has 1 fully saturated rings. The summed E-state index contributed by atoms with van der Waals surface area (Å²) in [5.74, 6) is 0.890. The summed E-state index contributed by atoms with van der Waals surface area (Å²) in [7, 11) is 0. The summed E-state index contributed by atoms with van der Waals surface area (Å²) < 4.78 is 13.5. The van der Waals surface area contributed by atoms with Crippen LogP contribution in [0.25, 0.3) is 32.9 Å². The van der Waals surface area contributed by atoms with E-state index < -0.39 is 0 Å². The number of aromatic nitrogens is 2.